The van der Waals surface area contributed by atoms with Crippen molar-refractivity contribution in [2.24, 2.45) is 0 Å². The molecule has 2 aromatic carbocycles. The summed E-state index contributed by atoms with van der Waals surface area (Å²) in [5, 5.41) is 9.42. The summed E-state index contributed by atoms with van der Waals surface area (Å²) in [6, 6.07) is 22.3. The molecule has 4 aromatic rings. The summed E-state index contributed by atoms with van der Waals surface area (Å²) in [4.78, 5) is 17.3. The van der Waals surface area contributed by atoms with Crippen LogP contribution in [0.15, 0.2) is 82.6 Å². The average molecular weight is 474 g/mol. The lowest BCUT2D eigenvalue weighted by Gasteiger charge is -2.34. The van der Waals surface area contributed by atoms with Crippen molar-refractivity contribution >= 4 is 17.7 Å². The van der Waals surface area contributed by atoms with E-state index in [-0.39, 0.29) is 5.91 Å². The van der Waals surface area contributed by atoms with Crippen LogP contribution in [0, 0.1) is 6.92 Å². The van der Waals surface area contributed by atoms with E-state index in [0.717, 1.165) is 38.4 Å². The molecule has 3 heterocycles. The molecule has 1 aliphatic rings. The molecule has 0 unspecified atom stereocenters. The Morgan fingerprint density at radius 1 is 0.941 bits per heavy atom. The molecule has 8 heteroatoms. The molecule has 0 saturated carbocycles. The summed E-state index contributed by atoms with van der Waals surface area (Å²) in [5.74, 6) is 1.71. The van der Waals surface area contributed by atoms with Crippen molar-refractivity contribution in [3.63, 3.8) is 0 Å². The van der Waals surface area contributed by atoms with Crippen LogP contribution in [0.2, 0.25) is 0 Å². The lowest BCUT2D eigenvalue weighted by molar-refractivity contribution is -0.130. The summed E-state index contributed by atoms with van der Waals surface area (Å²) in [7, 11) is 0. The van der Waals surface area contributed by atoms with Gasteiger partial charge in [0.25, 0.3) is 0 Å². The maximum absolute atomic E-state index is 13.0. The molecule has 0 spiro atoms. The number of aryl methyl sites for hydroxylation is 1. The van der Waals surface area contributed by atoms with E-state index in [4.69, 9.17) is 4.42 Å². The lowest BCUT2D eigenvalue weighted by Crippen LogP contribution is -2.48. The number of piperazine rings is 1. The number of aromatic nitrogens is 3. The summed E-state index contributed by atoms with van der Waals surface area (Å²) < 4.78 is 7.53. The molecule has 34 heavy (non-hydrogen) atoms. The molecule has 0 N–H and O–H groups in total. The van der Waals surface area contributed by atoms with Crippen LogP contribution in [0.3, 0.4) is 0 Å². The Morgan fingerprint density at radius 2 is 1.71 bits per heavy atom. The SMILES string of the molecule is Cc1ccc(-n2c(SCC(=O)N3CCN(Cc4ccccc4)CC3)nnc2-c2ccco2)cc1. The van der Waals surface area contributed by atoms with Gasteiger partial charge in [-0.15, -0.1) is 10.2 Å². The molecule has 0 radical (unpaired) electrons. The Morgan fingerprint density at radius 3 is 2.41 bits per heavy atom. The van der Waals surface area contributed by atoms with Crippen LogP contribution in [-0.2, 0) is 11.3 Å². The Bertz CT molecular complexity index is 1210. The second kappa shape index (κ2) is 10.3. The highest BCUT2D eigenvalue weighted by molar-refractivity contribution is 7.99. The van der Waals surface area contributed by atoms with Gasteiger partial charge in [-0.3, -0.25) is 14.3 Å². The van der Waals surface area contributed by atoms with Gasteiger partial charge in [0.1, 0.15) is 0 Å². The third kappa shape index (κ3) is 5.08. The molecule has 7 nitrogen and oxygen atoms in total. The highest BCUT2D eigenvalue weighted by Crippen LogP contribution is 2.28. The number of rotatable bonds is 7. The van der Waals surface area contributed by atoms with Crippen molar-refractivity contribution < 1.29 is 9.21 Å². The van der Waals surface area contributed by atoms with Crippen LogP contribution in [0.1, 0.15) is 11.1 Å². The Labute approximate surface area is 203 Å². The van der Waals surface area contributed by atoms with Crippen LogP contribution < -0.4 is 0 Å². The zero-order valence-electron chi connectivity index (χ0n) is 19.1. The number of hydrogen-bond acceptors (Lipinski definition) is 6. The molecule has 1 amide bonds. The van der Waals surface area contributed by atoms with E-state index in [1.807, 2.05) is 39.8 Å². The number of amides is 1. The topological polar surface area (TPSA) is 67.4 Å². The van der Waals surface area contributed by atoms with Crippen LogP contribution in [-0.4, -0.2) is 62.4 Å². The number of carbonyl (C=O) groups is 1. The van der Waals surface area contributed by atoms with Gasteiger partial charge < -0.3 is 9.32 Å². The fraction of sp³-hybridized carbons (Fsp3) is 0.269. The fourth-order valence-corrected chi connectivity index (χ4v) is 4.92. The Hall–Kier alpha value is -3.36. The third-order valence-electron chi connectivity index (χ3n) is 5.97. The van der Waals surface area contributed by atoms with Gasteiger partial charge in [-0.25, -0.2) is 0 Å². The third-order valence-corrected chi connectivity index (χ3v) is 6.88. The van der Waals surface area contributed by atoms with Crippen LogP contribution >= 0.6 is 11.8 Å². The first-order chi connectivity index (χ1) is 16.7. The number of hydrogen-bond donors (Lipinski definition) is 0. The zero-order valence-corrected chi connectivity index (χ0v) is 19.9. The highest BCUT2D eigenvalue weighted by atomic mass is 32.2. The van der Waals surface area contributed by atoms with E-state index in [9.17, 15) is 4.79 Å². The van der Waals surface area contributed by atoms with Gasteiger partial charge in [-0.05, 0) is 36.8 Å². The maximum Gasteiger partial charge on any atom is 0.233 e. The normalized spacial score (nSPS) is 14.4. The van der Waals surface area contributed by atoms with Gasteiger partial charge in [0.15, 0.2) is 10.9 Å². The molecule has 2 aromatic heterocycles. The molecule has 174 valence electrons. The molecule has 1 aliphatic heterocycles. The standard InChI is InChI=1S/C26H27N5O2S/c1-20-9-11-22(12-10-20)31-25(23-8-5-17-33-23)27-28-26(31)34-19-24(32)30-15-13-29(14-16-30)18-21-6-3-2-4-7-21/h2-12,17H,13-16,18-19H2,1H3. The molecule has 0 atom stereocenters. The van der Waals surface area contributed by atoms with E-state index < -0.39 is 0 Å². The van der Waals surface area contributed by atoms with E-state index >= 15 is 0 Å². The summed E-state index contributed by atoms with van der Waals surface area (Å²) in [5.41, 5.74) is 3.42. The van der Waals surface area contributed by atoms with Gasteiger partial charge in [0, 0.05) is 38.4 Å². The molecular weight excluding hydrogens is 446 g/mol. The molecule has 0 bridgehead atoms. The van der Waals surface area contributed by atoms with Crippen molar-refractivity contribution in [1.82, 2.24) is 24.6 Å². The van der Waals surface area contributed by atoms with Crippen molar-refractivity contribution in [2.45, 2.75) is 18.6 Å². The first-order valence-corrected chi connectivity index (χ1v) is 12.4. The minimum Gasteiger partial charge on any atom is -0.461 e. The number of benzene rings is 2. The first kappa shape index (κ1) is 22.4. The van der Waals surface area contributed by atoms with E-state index in [0.29, 0.717) is 22.5 Å². The van der Waals surface area contributed by atoms with Crippen LogP contribution in [0.5, 0.6) is 0 Å². The van der Waals surface area contributed by atoms with Crippen LogP contribution in [0.25, 0.3) is 17.3 Å². The lowest BCUT2D eigenvalue weighted by atomic mass is 10.2. The quantitative estimate of drug-likeness (QED) is 0.374. The minimum atomic E-state index is 0.127. The second-order valence-electron chi connectivity index (χ2n) is 8.39. The average Bonchev–Trinajstić information content (AvgIpc) is 3.54. The maximum atomic E-state index is 13.0. The molecular formula is C26H27N5O2S. The highest BCUT2D eigenvalue weighted by Gasteiger charge is 2.23. The first-order valence-electron chi connectivity index (χ1n) is 11.4. The minimum absolute atomic E-state index is 0.127. The largest absolute Gasteiger partial charge is 0.461 e. The van der Waals surface area contributed by atoms with Gasteiger partial charge in [0.05, 0.1) is 12.0 Å². The molecule has 5 rings (SSSR count). The summed E-state index contributed by atoms with van der Waals surface area (Å²) in [6.45, 7) is 6.23. The number of carbonyl (C=O) groups excluding carboxylic acids is 1. The fourth-order valence-electron chi connectivity index (χ4n) is 4.07. The van der Waals surface area contributed by atoms with Gasteiger partial charge in [-0.2, -0.15) is 0 Å². The summed E-state index contributed by atoms with van der Waals surface area (Å²) in [6.07, 6.45) is 1.62. The Balaban J connectivity index is 1.24. The van der Waals surface area contributed by atoms with Gasteiger partial charge in [0.2, 0.25) is 11.7 Å². The molecule has 1 fully saturated rings. The van der Waals surface area contributed by atoms with Crippen molar-refractivity contribution in [3.8, 4) is 17.3 Å². The van der Waals surface area contributed by atoms with Crippen molar-refractivity contribution in [1.29, 1.82) is 0 Å². The number of thioether (sulfide) groups is 1. The zero-order chi connectivity index (χ0) is 23.3. The Kier molecular flexibility index (Phi) is 6.78. The van der Waals surface area contributed by atoms with Crippen molar-refractivity contribution in [2.75, 3.05) is 31.9 Å². The number of nitrogens with zero attached hydrogens (tertiary/aromatic N) is 5. The smallest absolute Gasteiger partial charge is 0.233 e. The van der Waals surface area contributed by atoms with E-state index in [1.165, 1.54) is 22.9 Å². The van der Waals surface area contributed by atoms with Crippen LogP contribution in [0.4, 0.5) is 0 Å². The van der Waals surface area contributed by atoms with Gasteiger partial charge in [-0.1, -0.05) is 59.8 Å². The van der Waals surface area contributed by atoms with E-state index in [2.05, 4.69) is 58.4 Å². The second-order valence-corrected chi connectivity index (χ2v) is 9.33. The summed E-state index contributed by atoms with van der Waals surface area (Å²) >= 11 is 1.41. The monoisotopic (exact) mass is 473 g/mol. The molecule has 0 aliphatic carbocycles. The van der Waals surface area contributed by atoms with Crippen molar-refractivity contribution in [3.05, 3.63) is 84.1 Å². The predicted octanol–water partition coefficient (Wildman–Crippen LogP) is 4.27. The molecule has 1 saturated heterocycles. The number of furan rings is 1. The predicted molar refractivity (Wildman–Crippen MR) is 133 cm³/mol. The van der Waals surface area contributed by atoms with E-state index in [1.54, 1.807) is 6.26 Å². The van der Waals surface area contributed by atoms with Gasteiger partial charge >= 0.3 is 0 Å².